The summed E-state index contributed by atoms with van der Waals surface area (Å²) in [5.41, 5.74) is -1.09. The van der Waals surface area contributed by atoms with E-state index in [-0.39, 0.29) is 5.78 Å². The normalized spacial score (nSPS) is 23.6. The van der Waals surface area contributed by atoms with Gasteiger partial charge in [0.15, 0.2) is 0 Å². The van der Waals surface area contributed by atoms with Crippen LogP contribution >= 0.6 is 0 Å². The van der Waals surface area contributed by atoms with Crippen molar-refractivity contribution in [3.63, 3.8) is 0 Å². The fourth-order valence-electron chi connectivity index (χ4n) is 2.51. The Morgan fingerprint density at radius 3 is 2.59 bits per heavy atom. The molecular weight excluding hydrogens is 218 g/mol. The largest absolute Gasteiger partial charge is 0.480 e. The molecular formula is C13H19NO3. The van der Waals surface area contributed by atoms with Crippen LogP contribution in [0.25, 0.3) is 0 Å². The molecule has 0 spiro atoms. The van der Waals surface area contributed by atoms with Gasteiger partial charge < -0.3 is 5.11 Å². The number of hydrogen-bond donors (Lipinski definition) is 1. The summed E-state index contributed by atoms with van der Waals surface area (Å²) in [6.45, 7) is 0. The second-order valence-corrected chi connectivity index (χ2v) is 4.74. The van der Waals surface area contributed by atoms with E-state index in [0.717, 1.165) is 25.7 Å². The van der Waals surface area contributed by atoms with Crippen molar-refractivity contribution in [2.45, 2.75) is 57.8 Å². The van der Waals surface area contributed by atoms with Crippen molar-refractivity contribution in [3.05, 3.63) is 0 Å². The zero-order chi connectivity index (χ0) is 12.7. The van der Waals surface area contributed by atoms with Gasteiger partial charge in [0.2, 0.25) is 0 Å². The number of carbonyl (C=O) groups excluding carboxylic acids is 1. The van der Waals surface area contributed by atoms with E-state index in [1.807, 2.05) is 0 Å². The Bertz CT molecular complexity index is 332. The summed E-state index contributed by atoms with van der Waals surface area (Å²) in [6, 6.07) is 2.08. The maximum Gasteiger partial charge on any atom is 0.317 e. The number of aliphatic carboxylic acids is 1. The molecule has 1 saturated carbocycles. The molecule has 1 aliphatic rings. The van der Waals surface area contributed by atoms with E-state index in [4.69, 9.17) is 5.26 Å². The quantitative estimate of drug-likeness (QED) is 0.545. The molecule has 0 radical (unpaired) electrons. The van der Waals surface area contributed by atoms with E-state index in [1.165, 1.54) is 0 Å². The van der Waals surface area contributed by atoms with Crippen molar-refractivity contribution in [2.75, 3.05) is 0 Å². The van der Waals surface area contributed by atoms with E-state index >= 15 is 0 Å². The number of ketones is 1. The standard InChI is InChI=1S/C13H19NO3/c14-10-5-3-1-2-4-8-13(12(16)17)9-6-7-11(13)15/h1-9H2,(H,16,17). The molecule has 1 fully saturated rings. The maximum atomic E-state index is 11.7. The van der Waals surface area contributed by atoms with Crippen molar-refractivity contribution in [3.8, 4) is 6.07 Å². The Labute approximate surface area is 102 Å². The first-order chi connectivity index (χ1) is 8.13. The van der Waals surface area contributed by atoms with Crippen LogP contribution in [0.15, 0.2) is 0 Å². The Hall–Kier alpha value is -1.37. The fraction of sp³-hybridized carbons (Fsp3) is 0.769. The van der Waals surface area contributed by atoms with Crippen molar-refractivity contribution in [2.24, 2.45) is 5.41 Å². The molecule has 1 N–H and O–H groups in total. The van der Waals surface area contributed by atoms with E-state index in [9.17, 15) is 14.7 Å². The van der Waals surface area contributed by atoms with Crippen LogP contribution in [0.3, 0.4) is 0 Å². The molecule has 1 aliphatic carbocycles. The van der Waals surface area contributed by atoms with Gasteiger partial charge in [-0.2, -0.15) is 5.26 Å². The molecule has 0 aromatic heterocycles. The highest BCUT2D eigenvalue weighted by Gasteiger charge is 2.47. The summed E-state index contributed by atoms with van der Waals surface area (Å²) in [5, 5.41) is 17.6. The zero-order valence-corrected chi connectivity index (χ0v) is 10.1. The van der Waals surface area contributed by atoms with Gasteiger partial charge >= 0.3 is 5.97 Å². The number of carboxylic acids is 1. The third kappa shape index (κ3) is 3.29. The van der Waals surface area contributed by atoms with Crippen LogP contribution in [0.4, 0.5) is 0 Å². The Morgan fingerprint density at radius 2 is 2.06 bits per heavy atom. The summed E-state index contributed by atoms with van der Waals surface area (Å²) >= 11 is 0. The van der Waals surface area contributed by atoms with Gasteiger partial charge in [0.1, 0.15) is 11.2 Å². The molecule has 0 aromatic carbocycles. The number of carbonyl (C=O) groups is 2. The number of Topliss-reactive ketones (excluding diaryl/α,β-unsaturated/α-hetero) is 1. The summed E-state index contributed by atoms with van der Waals surface area (Å²) in [6.07, 6.45) is 6.13. The Morgan fingerprint density at radius 1 is 1.35 bits per heavy atom. The lowest BCUT2D eigenvalue weighted by atomic mass is 9.80. The molecule has 1 unspecified atom stereocenters. The van der Waals surface area contributed by atoms with Crippen molar-refractivity contribution in [1.82, 2.24) is 0 Å². The third-order valence-electron chi connectivity index (χ3n) is 3.59. The van der Waals surface area contributed by atoms with Crippen LogP contribution in [0.1, 0.15) is 57.8 Å². The second-order valence-electron chi connectivity index (χ2n) is 4.74. The highest BCUT2D eigenvalue weighted by atomic mass is 16.4. The number of nitriles is 1. The SMILES string of the molecule is N#CCCCCCCC1(C(=O)O)CCCC1=O. The van der Waals surface area contributed by atoms with Gasteiger partial charge in [0.25, 0.3) is 0 Å². The summed E-state index contributed by atoms with van der Waals surface area (Å²) in [5.74, 6) is -1.04. The number of rotatable bonds is 7. The number of unbranched alkanes of at least 4 members (excludes halogenated alkanes) is 4. The van der Waals surface area contributed by atoms with E-state index in [0.29, 0.717) is 32.1 Å². The van der Waals surface area contributed by atoms with Crippen LogP contribution in [0.2, 0.25) is 0 Å². The van der Waals surface area contributed by atoms with E-state index in [2.05, 4.69) is 6.07 Å². The van der Waals surface area contributed by atoms with Crippen molar-refractivity contribution in [1.29, 1.82) is 5.26 Å². The van der Waals surface area contributed by atoms with E-state index < -0.39 is 11.4 Å². The molecule has 0 saturated heterocycles. The van der Waals surface area contributed by atoms with Crippen LogP contribution in [0.5, 0.6) is 0 Å². The Balaban J connectivity index is 2.34. The molecule has 17 heavy (non-hydrogen) atoms. The summed E-state index contributed by atoms with van der Waals surface area (Å²) < 4.78 is 0. The van der Waals surface area contributed by atoms with Gasteiger partial charge in [-0.3, -0.25) is 9.59 Å². The molecule has 0 heterocycles. The fourth-order valence-corrected chi connectivity index (χ4v) is 2.51. The lowest BCUT2D eigenvalue weighted by Gasteiger charge is -2.21. The topological polar surface area (TPSA) is 78.2 Å². The molecule has 4 nitrogen and oxygen atoms in total. The third-order valence-corrected chi connectivity index (χ3v) is 3.59. The molecule has 4 heteroatoms. The second kappa shape index (κ2) is 6.39. The highest BCUT2D eigenvalue weighted by molar-refractivity contribution is 6.04. The minimum Gasteiger partial charge on any atom is -0.480 e. The average molecular weight is 237 g/mol. The lowest BCUT2D eigenvalue weighted by molar-refractivity contribution is -0.153. The molecule has 0 aromatic rings. The van der Waals surface area contributed by atoms with Crippen LogP contribution in [0, 0.1) is 16.7 Å². The predicted molar refractivity (Wildman–Crippen MR) is 62.2 cm³/mol. The van der Waals surface area contributed by atoms with Crippen LogP contribution < -0.4 is 0 Å². The highest BCUT2D eigenvalue weighted by Crippen LogP contribution is 2.39. The van der Waals surface area contributed by atoms with Gasteiger partial charge in [-0.15, -0.1) is 0 Å². The van der Waals surface area contributed by atoms with E-state index in [1.54, 1.807) is 0 Å². The number of nitrogens with zero attached hydrogens (tertiary/aromatic N) is 1. The van der Waals surface area contributed by atoms with Gasteiger partial charge in [0, 0.05) is 12.8 Å². The van der Waals surface area contributed by atoms with Gasteiger partial charge in [-0.1, -0.05) is 19.3 Å². The monoisotopic (exact) mass is 237 g/mol. The summed E-state index contributed by atoms with van der Waals surface area (Å²) in [7, 11) is 0. The van der Waals surface area contributed by atoms with Crippen LogP contribution in [-0.2, 0) is 9.59 Å². The first-order valence-corrected chi connectivity index (χ1v) is 6.27. The molecule has 0 amide bonds. The average Bonchev–Trinajstić information content (AvgIpc) is 2.66. The molecule has 94 valence electrons. The summed E-state index contributed by atoms with van der Waals surface area (Å²) in [4.78, 5) is 22.9. The lowest BCUT2D eigenvalue weighted by Crippen LogP contribution is -2.35. The Kier molecular flexibility index (Phi) is 5.14. The smallest absolute Gasteiger partial charge is 0.317 e. The first kappa shape index (κ1) is 13.7. The van der Waals surface area contributed by atoms with Gasteiger partial charge in [-0.05, 0) is 25.7 Å². The predicted octanol–water partition coefficient (Wildman–Crippen LogP) is 2.67. The van der Waals surface area contributed by atoms with Gasteiger partial charge in [-0.25, -0.2) is 0 Å². The molecule has 0 bridgehead atoms. The number of carboxylic acid groups (broad SMARTS) is 1. The maximum absolute atomic E-state index is 11.7. The zero-order valence-electron chi connectivity index (χ0n) is 10.1. The van der Waals surface area contributed by atoms with Crippen LogP contribution in [-0.4, -0.2) is 16.9 Å². The molecule has 0 aliphatic heterocycles. The van der Waals surface area contributed by atoms with Crippen molar-refractivity contribution >= 4 is 11.8 Å². The molecule has 1 atom stereocenters. The van der Waals surface area contributed by atoms with Crippen molar-refractivity contribution < 1.29 is 14.7 Å². The number of hydrogen-bond acceptors (Lipinski definition) is 3. The minimum absolute atomic E-state index is 0.0953. The minimum atomic E-state index is -1.09. The molecule has 1 rings (SSSR count). The van der Waals surface area contributed by atoms with Gasteiger partial charge in [0.05, 0.1) is 6.07 Å². The first-order valence-electron chi connectivity index (χ1n) is 6.27.